The molecule has 2 amide bonds. The van der Waals surface area contributed by atoms with Crippen LogP contribution in [-0.2, 0) is 11.2 Å². The monoisotopic (exact) mass is 401 g/mol. The molecule has 0 saturated carbocycles. The van der Waals surface area contributed by atoms with E-state index in [2.05, 4.69) is 12.2 Å². The quantitative estimate of drug-likeness (QED) is 0.656. The number of hydrogen-bond donors (Lipinski definition) is 2. The highest BCUT2D eigenvalue weighted by Crippen LogP contribution is 2.37. The molecule has 1 atom stereocenters. The number of rotatable bonds is 6. The fourth-order valence-corrected chi connectivity index (χ4v) is 3.55. The minimum absolute atomic E-state index is 0.0624. The van der Waals surface area contributed by atoms with Gasteiger partial charge in [-0.3, -0.25) is 14.5 Å². The molecule has 152 valence electrons. The third-order valence-corrected chi connectivity index (χ3v) is 5.13. The summed E-state index contributed by atoms with van der Waals surface area (Å²) in [7, 11) is 0. The van der Waals surface area contributed by atoms with Crippen molar-refractivity contribution in [2.75, 3.05) is 16.8 Å². The topological polar surface area (TPSA) is 84.7 Å². The summed E-state index contributed by atoms with van der Waals surface area (Å²) in [5.41, 5.74) is 9.48. The zero-order valence-corrected chi connectivity index (χ0v) is 16.7. The van der Waals surface area contributed by atoms with Gasteiger partial charge in [-0.15, -0.1) is 0 Å². The van der Waals surface area contributed by atoms with E-state index in [0.29, 0.717) is 11.3 Å². The normalized spacial score (nSPS) is 15.3. The standard InChI is InChI=1S/C24H23N3O3/c1-2-16-7-11-18(12-8-16)27-23(26-21-6-4-3-5-20(21)24(27)29)17-9-13-19(14-10-17)30-15-22(25)28/h3-14,23,26H,2,15H2,1H3,(H2,25,28)/t23-/m1/s1. The second-order valence-electron chi connectivity index (χ2n) is 7.11. The van der Waals surface area contributed by atoms with Gasteiger partial charge in [0.25, 0.3) is 11.8 Å². The van der Waals surface area contributed by atoms with Crippen molar-refractivity contribution in [1.82, 2.24) is 0 Å². The molecule has 1 heterocycles. The Kier molecular flexibility index (Phi) is 5.39. The molecule has 0 unspecified atom stereocenters. The molecule has 0 aromatic heterocycles. The predicted molar refractivity (Wildman–Crippen MR) is 117 cm³/mol. The van der Waals surface area contributed by atoms with E-state index >= 15 is 0 Å². The summed E-state index contributed by atoms with van der Waals surface area (Å²) < 4.78 is 5.35. The van der Waals surface area contributed by atoms with Crippen LogP contribution in [0.2, 0.25) is 0 Å². The first-order valence-corrected chi connectivity index (χ1v) is 9.86. The van der Waals surface area contributed by atoms with Crippen LogP contribution < -0.4 is 20.7 Å². The molecule has 0 spiro atoms. The van der Waals surface area contributed by atoms with Crippen molar-refractivity contribution in [2.24, 2.45) is 5.73 Å². The summed E-state index contributed by atoms with van der Waals surface area (Å²) >= 11 is 0. The van der Waals surface area contributed by atoms with E-state index in [-0.39, 0.29) is 18.7 Å². The second-order valence-corrected chi connectivity index (χ2v) is 7.11. The molecule has 30 heavy (non-hydrogen) atoms. The number of nitrogens with two attached hydrogens (primary N) is 1. The zero-order chi connectivity index (χ0) is 21.1. The Morgan fingerprint density at radius 1 is 1.03 bits per heavy atom. The maximum Gasteiger partial charge on any atom is 0.262 e. The van der Waals surface area contributed by atoms with Gasteiger partial charge in [0.05, 0.1) is 5.56 Å². The third-order valence-electron chi connectivity index (χ3n) is 5.13. The summed E-state index contributed by atoms with van der Waals surface area (Å²) in [6.07, 6.45) is 0.552. The van der Waals surface area contributed by atoms with Gasteiger partial charge in [-0.25, -0.2) is 0 Å². The molecule has 1 aliphatic rings. The van der Waals surface area contributed by atoms with E-state index in [1.54, 1.807) is 17.0 Å². The number of carbonyl (C=O) groups is 2. The fourth-order valence-electron chi connectivity index (χ4n) is 3.55. The van der Waals surface area contributed by atoms with E-state index in [1.165, 1.54) is 5.56 Å². The van der Waals surface area contributed by atoms with Crippen LogP contribution in [0.5, 0.6) is 5.75 Å². The Hall–Kier alpha value is -3.80. The van der Waals surface area contributed by atoms with Crippen LogP contribution in [0.4, 0.5) is 11.4 Å². The number of carbonyl (C=O) groups excluding carboxylic acids is 2. The summed E-state index contributed by atoms with van der Waals surface area (Å²) in [4.78, 5) is 26.1. The highest BCUT2D eigenvalue weighted by Gasteiger charge is 2.33. The van der Waals surface area contributed by atoms with Gasteiger partial charge in [0.1, 0.15) is 11.9 Å². The molecule has 3 aromatic carbocycles. The maximum absolute atomic E-state index is 13.4. The number of anilines is 2. The van der Waals surface area contributed by atoms with Gasteiger partial charge < -0.3 is 15.8 Å². The average molecular weight is 401 g/mol. The summed E-state index contributed by atoms with van der Waals surface area (Å²) in [6, 6.07) is 22.8. The van der Waals surface area contributed by atoms with Gasteiger partial charge in [0, 0.05) is 11.4 Å². The molecular weight excluding hydrogens is 378 g/mol. The molecule has 6 heteroatoms. The first-order valence-electron chi connectivity index (χ1n) is 9.86. The lowest BCUT2D eigenvalue weighted by atomic mass is 10.0. The molecule has 0 aliphatic carbocycles. The van der Waals surface area contributed by atoms with Crippen LogP contribution in [0, 0.1) is 0 Å². The average Bonchev–Trinajstić information content (AvgIpc) is 2.78. The van der Waals surface area contributed by atoms with Gasteiger partial charge >= 0.3 is 0 Å². The fraction of sp³-hybridized carbons (Fsp3) is 0.167. The number of primary amides is 1. The lowest BCUT2D eigenvalue weighted by Crippen LogP contribution is -2.43. The smallest absolute Gasteiger partial charge is 0.262 e. The highest BCUT2D eigenvalue weighted by molar-refractivity contribution is 6.12. The number of amides is 2. The van der Waals surface area contributed by atoms with Crippen LogP contribution in [0.15, 0.2) is 72.8 Å². The van der Waals surface area contributed by atoms with Gasteiger partial charge in [-0.1, -0.05) is 43.3 Å². The number of aryl methyl sites for hydroxylation is 1. The van der Waals surface area contributed by atoms with Crippen LogP contribution in [0.1, 0.15) is 34.6 Å². The predicted octanol–water partition coefficient (Wildman–Crippen LogP) is 3.88. The number of nitrogens with zero attached hydrogens (tertiary/aromatic N) is 1. The van der Waals surface area contributed by atoms with Gasteiger partial charge in [-0.05, 0) is 53.9 Å². The van der Waals surface area contributed by atoms with Crippen LogP contribution >= 0.6 is 0 Å². The van der Waals surface area contributed by atoms with E-state index in [1.807, 2.05) is 60.7 Å². The van der Waals surface area contributed by atoms with Crippen molar-refractivity contribution in [3.8, 4) is 5.75 Å². The third kappa shape index (κ3) is 3.85. The van der Waals surface area contributed by atoms with Gasteiger partial charge in [0.15, 0.2) is 6.61 Å². The largest absolute Gasteiger partial charge is 0.484 e. The Labute approximate surface area is 175 Å². The Bertz CT molecular complexity index is 1060. The van der Waals surface area contributed by atoms with E-state index in [4.69, 9.17) is 10.5 Å². The van der Waals surface area contributed by atoms with E-state index in [9.17, 15) is 9.59 Å². The Morgan fingerprint density at radius 2 is 1.73 bits per heavy atom. The molecule has 1 aliphatic heterocycles. The van der Waals surface area contributed by atoms with E-state index in [0.717, 1.165) is 23.4 Å². The molecule has 0 radical (unpaired) electrons. The summed E-state index contributed by atoms with van der Waals surface area (Å²) in [5.74, 6) is -0.0523. The molecule has 6 nitrogen and oxygen atoms in total. The first kappa shape index (κ1) is 19.5. The van der Waals surface area contributed by atoms with Crippen molar-refractivity contribution in [3.05, 3.63) is 89.5 Å². The number of hydrogen-bond acceptors (Lipinski definition) is 4. The zero-order valence-electron chi connectivity index (χ0n) is 16.7. The minimum atomic E-state index is -0.531. The first-order chi connectivity index (χ1) is 14.6. The molecule has 3 N–H and O–H groups in total. The highest BCUT2D eigenvalue weighted by atomic mass is 16.5. The molecule has 0 fully saturated rings. The Balaban J connectivity index is 1.71. The summed E-state index contributed by atoms with van der Waals surface area (Å²) in [6.45, 7) is 1.92. The number of ether oxygens (including phenoxy) is 1. The molecule has 4 rings (SSSR count). The van der Waals surface area contributed by atoms with Crippen LogP contribution in [-0.4, -0.2) is 18.4 Å². The maximum atomic E-state index is 13.4. The lowest BCUT2D eigenvalue weighted by molar-refractivity contribution is -0.119. The van der Waals surface area contributed by atoms with Crippen LogP contribution in [0.25, 0.3) is 0 Å². The van der Waals surface area contributed by atoms with Crippen molar-refractivity contribution < 1.29 is 14.3 Å². The van der Waals surface area contributed by atoms with Crippen molar-refractivity contribution in [2.45, 2.75) is 19.5 Å². The number of benzene rings is 3. The number of fused-ring (bicyclic) bond motifs is 1. The number of para-hydroxylation sites is 1. The van der Waals surface area contributed by atoms with E-state index < -0.39 is 5.91 Å². The molecule has 0 saturated heterocycles. The SMILES string of the molecule is CCc1ccc(N2C(=O)c3ccccc3N[C@H]2c2ccc(OCC(N)=O)cc2)cc1. The molecule has 3 aromatic rings. The number of nitrogens with one attached hydrogen (secondary N) is 1. The molecule has 0 bridgehead atoms. The van der Waals surface area contributed by atoms with Gasteiger partial charge in [0.2, 0.25) is 0 Å². The van der Waals surface area contributed by atoms with Gasteiger partial charge in [-0.2, -0.15) is 0 Å². The molecular formula is C24H23N3O3. The second kappa shape index (κ2) is 8.29. The van der Waals surface area contributed by atoms with Crippen molar-refractivity contribution in [3.63, 3.8) is 0 Å². The minimum Gasteiger partial charge on any atom is -0.484 e. The van der Waals surface area contributed by atoms with Crippen LogP contribution in [0.3, 0.4) is 0 Å². The van der Waals surface area contributed by atoms with Crippen molar-refractivity contribution in [1.29, 1.82) is 0 Å². The lowest BCUT2D eigenvalue weighted by Gasteiger charge is -2.38. The van der Waals surface area contributed by atoms with Crippen molar-refractivity contribution >= 4 is 23.2 Å². The summed E-state index contributed by atoms with van der Waals surface area (Å²) in [5, 5.41) is 3.48. The Morgan fingerprint density at radius 3 is 2.40 bits per heavy atom.